The van der Waals surface area contributed by atoms with Crippen LogP contribution in [0.15, 0.2) is 48.8 Å². The standard InChI is InChI=1S/C28H30FN7O3/c1-17(37)27(38)36-12-10-25(22(29)15-36)39-24-9-6-19(13-20(24)14-30)26-32-16-33-28(35-26)34-21-7-4-18(5-8-21)23-3-2-11-31-23/h4-9,13,16-17,22-23,25,31,37H,2-3,10-12,15H2,1H3,(H,32,33,34,35)/t17?,22-,23?,25+/m1/s1. The van der Waals surface area contributed by atoms with E-state index in [2.05, 4.69) is 43.8 Å². The predicted molar refractivity (Wildman–Crippen MR) is 142 cm³/mol. The van der Waals surface area contributed by atoms with Gasteiger partial charge >= 0.3 is 0 Å². The maximum absolute atomic E-state index is 14.8. The Labute approximate surface area is 225 Å². The molecule has 39 heavy (non-hydrogen) atoms. The number of piperidine rings is 1. The van der Waals surface area contributed by atoms with Crippen LogP contribution in [0.4, 0.5) is 16.0 Å². The van der Waals surface area contributed by atoms with Crippen molar-refractivity contribution in [3.8, 4) is 23.2 Å². The second-order valence-corrected chi connectivity index (χ2v) is 9.77. The van der Waals surface area contributed by atoms with Gasteiger partial charge in [-0.05, 0) is 62.2 Å². The molecule has 3 N–H and O–H groups in total. The predicted octanol–water partition coefficient (Wildman–Crippen LogP) is 3.28. The Bertz CT molecular complexity index is 1360. The Morgan fingerprint density at radius 1 is 1.26 bits per heavy atom. The molecule has 10 nitrogen and oxygen atoms in total. The molecule has 2 aromatic carbocycles. The summed E-state index contributed by atoms with van der Waals surface area (Å²) >= 11 is 0. The van der Waals surface area contributed by atoms with Crippen LogP contribution in [0, 0.1) is 11.3 Å². The van der Waals surface area contributed by atoms with Crippen molar-refractivity contribution in [1.29, 1.82) is 5.26 Å². The van der Waals surface area contributed by atoms with E-state index in [1.165, 1.54) is 30.1 Å². The fourth-order valence-corrected chi connectivity index (χ4v) is 4.90. The van der Waals surface area contributed by atoms with Crippen LogP contribution in [0.2, 0.25) is 0 Å². The van der Waals surface area contributed by atoms with Gasteiger partial charge in [0.1, 0.15) is 30.4 Å². The summed E-state index contributed by atoms with van der Waals surface area (Å²) in [4.78, 5) is 26.2. The molecule has 202 valence electrons. The molecule has 1 amide bonds. The molecular weight excluding hydrogens is 501 g/mol. The summed E-state index contributed by atoms with van der Waals surface area (Å²) in [5, 5.41) is 25.9. The summed E-state index contributed by atoms with van der Waals surface area (Å²) in [5.41, 5.74) is 2.89. The van der Waals surface area contributed by atoms with Crippen LogP contribution in [-0.2, 0) is 4.79 Å². The highest BCUT2D eigenvalue weighted by molar-refractivity contribution is 5.80. The van der Waals surface area contributed by atoms with Gasteiger partial charge in [0.25, 0.3) is 5.91 Å². The Morgan fingerprint density at radius 3 is 2.77 bits per heavy atom. The Kier molecular flexibility index (Phi) is 7.95. The number of nitriles is 1. The topological polar surface area (TPSA) is 136 Å². The summed E-state index contributed by atoms with van der Waals surface area (Å²) in [6.45, 7) is 2.49. The van der Waals surface area contributed by atoms with Crippen LogP contribution < -0.4 is 15.4 Å². The van der Waals surface area contributed by atoms with Crippen LogP contribution in [-0.4, -0.2) is 68.9 Å². The lowest BCUT2D eigenvalue weighted by Gasteiger charge is -2.35. The molecule has 11 heteroatoms. The van der Waals surface area contributed by atoms with E-state index in [4.69, 9.17) is 4.74 Å². The molecule has 1 aromatic heterocycles. The lowest BCUT2D eigenvalue weighted by Crippen LogP contribution is -2.51. The van der Waals surface area contributed by atoms with Gasteiger partial charge in [-0.25, -0.2) is 14.4 Å². The first-order chi connectivity index (χ1) is 18.9. The molecular formula is C28H30FN7O3. The molecule has 2 fully saturated rings. The van der Waals surface area contributed by atoms with Gasteiger partial charge in [-0.3, -0.25) is 4.79 Å². The number of amides is 1. The number of likely N-dealkylation sites (tertiary alicyclic amines) is 1. The van der Waals surface area contributed by atoms with Crippen LogP contribution in [0.3, 0.4) is 0 Å². The number of aromatic nitrogens is 3. The SMILES string of the molecule is CC(O)C(=O)N1CC[C@H](Oc2ccc(-c3ncnc(Nc4ccc(C5CCCN5)cc4)n3)cc2C#N)[C@H](F)C1. The smallest absolute Gasteiger partial charge is 0.251 e. The van der Waals surface area contributed by atoms with Crippen molar-refractivity contribution < 1.29 is 19.0 Å². The minimum Gasteiger partial charge on any atom is -0.486 e. The van der Waals surface area contributed by atoms with Gasteiger partial charge in [-0.15, -0.1) is 0 Å². The number of rotatable bonds is 7. The number of halogens is 1. The van der Waals surface area contributed by atoms with Crippen LogP contribution in [0.5, 0.6) is 5.75 Å². The summed E-state index contributed by atoms with van der Waals surface area (Å²) in [6.07, 6.45) is 0.510. The number of ether oxygens (including phenoxy) is 1. The molecule has 4 atom stereocenters. The van der Waals surface area contributed by atoms with E-state index in [1.54, 1.807) is 18.2 Å². The number of anilines is 2. The average Bonchev–Trinajstić information content (AvgIpc) is 3.49. The van der Waals surface area contributed by atoms with Gasteiger partial charge in [0, 0.05) is 30.3 Å². The third kappa shape index (κ3) is 6.13. The third-order valence-electron chi connectivity index (χ3n) is 6.99. The molecule has 2 aliphatic rings. The molecule has 2 unspecified atom stereocenters. The van der Waals surface area contributed by atoms with Crippen molar-refractivity contribution >= 4 is 17.5 Å². The van der Waals surface area contributed by atoms with Gasteiger partial charge < -0.3 is 25.4 Å². The van der Waals surface area contributed by atoms with Gasteiger partial charge in [0.05, 0.1) is 12.1 Å². The van der Waals surface area contributed by atoms with Crippen molar-refractivity contribution in [3.63, 3.8) is 0 Å². The highest BCUT2D eigenvalue weighted by Crippen LogP contribution is 2.29. The van der Waals surface area contributed by atoms with Gasteiger partial charge in [0.2, 0.25) is 5.95 Å². The minimum absolute atomic E-state index is 0.171. The zero-order chi connectivity index (χ0) is 27.4. The molecule has 3 heterocycles. The van der Waals surface area contributed by atoms with E-state index >= 15 is 0 Å². The molecule has 2 aliphatic heterocycles. The molecule has 0 radical (unpaired) electrons. The molecule has 0 saturated carbocycles. The number of carbonyl (C=O) groups excluding carboxylic acids is 1. The van der Waals surface area contributed by atoms with E-state index < -0.39 is 24.3 Å². The number of aliphatic hydroxyl groups excluding tert-OH is 1. The number of hydrogen-bond acceptors (Lipinski definition) is 9. The largest absolute Gasteiger partial charge is 0.486 e. The number of aliphatic hydroxyl groups is 1. The van der Waals surface area contributed by atoms with Crippen LogP contribution in [0.1, 0.15) is 43.4 Å². The second kappa shape index (κ2) is 11.7. The molecule has 0 spiro atoms. The molecule has 3 aromatic rings. The normalized spacial score (nSPS) is 21.7. The molecule has 0 bridgehead atoms. The third-order valence-corrected chi connectivity index (χ3v) is 6.99. The van der Waals surface area contributed by atoms with E-state index in [-0.39, 0.29) is 30.8 Å². The zero-order valence-electron chi connectivity index (χ0n) is 21.5. The molecule has 5 rings (SSSR count). The van der Waals surface area contributed by atoms with Gasteiger partial charge in [-0.2, -0.15) is 10.2 Å². The number of nitrogens with zero attached hydrogens (tertiary/aromatic N) is 5. The fourth-order valence-electron chi connectivity index (χ4n) is 4.90. The monoisotopic (exact) mass is 531 g/mol. The van der Waals surface area contributed by atoms with Crippen molar-refractivity contribution in [2.45, 2.75) is 50.6 Å². The molecule has 0 aliphatic carbocycles. The van der Waals surface area contributed by atoms with Crippen molar-refractivity contribution in [2.24, 2.45) is 0 Å². The Balaban J connectivity index is 1.26. The lowest BCUT2D eigenvalue weighted by molar-refractivity contribution is -0.143. The fraction of sp³-hybridized carbons (Fsp3) is 0.393. The number of alkyl halides is 1. The maximum atomic E-state index is 14.8. The van der Waals surface area contributed by atoms with E-state index in [0.29, 0.717) is 23.4 Å². The number of carbonyl (C=O) groups is 1. The quantitative estimate of drug-likeness (QED) is 0.420. The van der Waals surface area contributed by atoms with Crippen LogP contribution in [0.25, 0.3) is 11.4 Å². The van der Waals surface area contributed by atoms with E-state index in [9.17, 15) is 19.6 Å². The Hall–Kier alpha value is -4.14. The van der Waals surface area contributed by atoms with E-state index in [0.717, 1.165) is 18.7 Å². The number of benzene rings is 2. The second-order valence-electron chi connectivity index (χ2n) is 9.77. The Morgan fingerprint density at radius 2 is 2.08 bits per heavy atom. The molecule has 2 saturated heterocycles. The van der Waals surface area contributed by atoms with Crippen LogP contribution >= 0.6 is 0 Å². The summed E-state index contributed by atoms with van der Waals surface area (Å²) in [5.74, 6) is 0.469. The minimum atomic E-state index is -1.45. The highest BCUT2D eigenvalue weighted by atomic mass is 19.1. The van der Waals surface area contributed by atoms with Crippen molar-refractivity contribution in [3.05, 3.63) is 59.9 Å². The van der Waals surface area contributed by atoms with Crippen molar-refractivity contribution in [1.82, 2.24) is 25.2 Å². The zero-order valence-corrected chi connectivity index (χ0v) is 21.5. The summed E-state index contributed by atoms with van der Waals surface area (Å²) in [6, 6.07) is 15.5. The number of nitrogens with one attached hydrogen (secondary N) is 2. The first kappa shape index (κ1) is 26.5. The van der Waals surface area contributed by atoms with E-state index in [1.807, 2.05) is 12.1 Å². The first-order valence-corrected chi connectivity index (χ1v) is 13.0. The maximum Gasteiger partial charge on any atom is 0.251 e. The van der Waals surface area contributed by atoms with Crippen molar-refractivity contribution in [2.75, 3.05) is 25.0 Å². The van der Waals surface area contributed by atoms with Gasteiger partial charge in [0.15, 0.2) is 12.0 Å². The van der Waals surface area contributed by atoms with Gasteiger partial charge in [-0.1, -0.05) is 12.1 Å². The highest BCUT2D eigenvalue weighted by Gasteiger charge is 2.34. The first-order valence-electron chi connectivity index (χ1n) is 13.0. The average molecular weight is 532 g/mol. The summed E-state index contributed by atoms with van der Waals surface area (Å²) < 4.78 is 20.6. The number of hydrogen-bond donors (Lipinski definition) is 3. The lowest BCUT2D eigenvalue weighted by atomic mass is 10.0. The summed E-state index contributed by atoms with van der Waals surface area (Å²) in [7, 11) is 0.